The van der Waals surface area contributed by atoms with Gasteiger partial charge in [0.1, 0.15) is 0 Å². The molecule has 1 aromatic heterocycles. The third-order valence-electron chi connectivity index (χ3n) is 3.71. The fraction of sp³-hybridized carbons (Fsp3) is 0.467. The molecule has 0 saturated heterocycles. The molecule has 18 heavy (non-hydrogen) atoms. The average molecular weight is 244 g/mol. The summed E-state index contributed by atoms with van der Waals surface area (Å²) in [5.74, 6) is 0. The molecule has 2 N–H and O–H groups in total. The Morgan fingerprint density at radius 1 is 1.33 bits per heavy atom. The molecule has 0 unspecified atom stereocenters. The number of rotatable bonds is 5. The molecule has 1 aromatic carbocycles. The highest BCUT2D eigenvalue weighted by atomic mass is 16.5. The van der Waals surface area contributed by atoms with E-state index >= 15 is 0 Å². The van der Waals surface area contributed by atoms with Crippen LogP contribution in [0.5, 0.6) is 0 Å². The highest BCUT2D eigenvalue weighted by molar-refractivity contribution is 5.79. The minimum absolute atomic E-state index is 0.486. The summed E-state index contributed by atoms with van der Waals surface area (Å²) in [4.78, 5) is 3.22. The SMILES string of the molecule is CCOC1CC(NCc2ccc3[nH]ccc3c2)C1. The van der Waals surface area contributed by atoms with Crippen LogP contribution in [0.4, 0.5) is 0 Å². The van der Waals surface area contributed by atoms with E-state index in [0.29, 0.717) is 12.1 Å². The van der Waals surface area contributed by atoms with Gasteiger partial charge in [0, 0.05) is 30.9 Å². The molecule has 2 aromatic rings. The van der Waals surface area contributed by atoms with Crippen LogP contribution in [0, 0.1) is 0 Å². The third kappa shape index (κ3) is 2.42. The Kier molecular flexibility index (Phi) is 3.35. The first kappa shape index (κ1) is 11.8. The van der Waals surface area contributed by atoms with Gasteiger partial charge in [0.15, 0.2) is 0 Å². The highest BCUT2D eigenvalue weighted by Gasteiger charge is 2.28. The lowest BCUT2D eigenvalue weighted by atomic mass is 9.89. The number of H-pyrrole nitrogens is 1. The summed E-state index contributed by atoms with van der Waals surface area (Å²) >= 11 is 0. The van der Waals surface area contributed by atoms with Gasteiger partial charge in [-0.1, -0.05) is 6.07 Å². The van der Waals surface area contributed by atoms with Gasteiger partial charge < -0.3 is 15.0 Å². The Hall–Kier alpha value is -1.32. The Morgan fingerprint density at radius 2 is 2.22 bits per heavy atom. The molecule has 3 nitrogen and oxygen atoms in total. The zero-order chi connectivity index (χ0) is 12.4. The molecule has 1 aliphatic carbocycles. The van der Waals surface area contributed by atoms with E-state index in [1.165, 1.54) is 16.5 Å². The van der Waals surface area contributed by atoms with Gasteiger partial charge in [0.05, 0.1) is 6.10 Å². The van der Waals surface area contributed by atoms with Crippen LogP contribution < -0.4 is 5.32 Å². The number of hydrogen-bond acceptors (Lipinski definition) is 2. The van der Waals surface area contributed by atoms with Crippen molar-refractivity contribution in [2.24, 2.45) is 0 Å². The van der Waals surface area contributed by atoms with Crippen LogP contribution in [-0.4, -0.2) is 23.7 Å². The van der Waals surface area contributed by atoms with E-state index in [2.05, 4.69) is 41.5 Å². The molecular formula is C15H20N2O. The number of fused-ring (bicyclic) bond motifs is 1. The van der Waals surface area contributed by atoms with Crippen LogP contribution in [0.15, 0.2) is 30.5 Å². The van der Waals surface area contributed by atoms with Crippen molar-refractivity contribution >= 4 is 10.9 Å². The normalized spacial score (nSPS) is 23.2. The standard InChI is InChI=1S/C15H20N2O/c1-2-18-14-8-13(9-14)17-10-11-3-4-15-12(7-11)5-6-16-15/h3-7,13-14,16-17H,2,8-10H2,1H3. The van der Waals surface area contributed by atoms with E-state index in [4.69, 9.17) is 4.74 Å². The molecule has 1 fully saturated rings. The number of nitrogens with one attached hydrogen (secondary N) is 2. The fourth-order valence-corrected chi connectivity index (χ4v) is 2.58. The van der Waals surface area contributed by atoms with Gasteiger partial charge in [0.25, 0.3) is 0 Å². The number of aromatic nitrogens is 1. The van der Waals surface area contributed by atoms with E-state index in [-0.39, 0.29) is 0 Å². The van der Waals surface area contributed by atoms with Crippen molar-refractivity contribution in [2.45, 2.75) is 38.5 Å². The van der Waals surface area contributed by atoms with Crippen molar-refractivity contribution in [3.63, 3.8) is 0 Å². The van der Waals surface area contributed by atoms with Gasteiger partial charge in [-0.2, -0.15) is 0 Å². The van der Waals surface area contributed by atoms with E-state index in [0.717, 1.165) is 26.0 Å². The summed E-state index contributed by atoms with van der Waals surface area (Å²) < 4.78 is 5.56. The number of aromatic amines is 1. The minimum Gasteiger partial charge on any atom is -0.378 e. The Balaban J connectivity index is 1.51. The molecule has 96 valence electrons. The van der Waals surface area contributed by atoms with Crippen LogP contribution in [-0.2, 0) is 11.3 Å². The van der Waals surface area contributed by atoms with Crippen LogP contribution >= 0.6 is 0 Å². The molecule has 1 aliphatic rings. The zero-order valence-electron chi connectivity index (χ0n) is 10.8. The predicted octanol–water partition coefficient (Wildman–Crippen LogP) is 2.83. The topological polar surface area (TPSA) is 37.0 Å². The number of ether oxygens (including phenoxy) is 1. The Morgan fingerprint density at radius 3 is 3.06 bits per heavy atom. The largest absolute Gasteiger partial charge is 0.378 e. The predicted molar refractivity (Wildman–Crippen MR) is 73.6 cm³/mol. The van der Waals surface area contributed by atoms with Gasteiger partial charge in [0.2, 0.25) is 0 Å². The van der Waals surface area contributed by atoms with Gasteiger partial charge in [-0.25, -0.2) is 0 Å². The molecule has 0 atom stereocenters. The molecular weight excluding hydrogens is 224 g/mol. The molecule has 0 spiro atoms. The molecule has 3 heteroatoms. The second-order valence-corrected chi connectivity index (χ2v) is 5.03. The van der Waals surface area contributed by atoms with Crippen molar-refractivity contribution in [2.75, 3.05) is 6.61 Å². The van der Waals surface area contributed by atoms with Crippen molar-refractivity contribution in [1.82, 2.24) is 10.3 Å². The quantitative estimate of drug-likeness (QED) is 0.848. The monoisotopic (exact) mass is 244 g/mol. The lowest BCUT2D eigenvalue weighted by molar-refractivity contribution is -0.0102. The maximum Gasteiger partial charge on any atom is 0.0604 e. The van der Waals surface area contributed by atoms with Crippen molar-refractivity contribution < 1.29 is 4.74 Å². The minimum atomic E-state index is 0.486. The molecule has 0 amide bonds. The summed E-state index contributed by atoms with van der Waals surface area (Å²) in [6.07, 6.45) is 4.78. The average Bonchev–Trinajstić information content (AvgIpc) is 2.79. The molecule has 0 radical (unpaired) electrons. The number of benzene rings is 1. The smallest absolute Gasteiger partial charge is 0.0604 e. The van der Waals surface area contributed by atoms with Gasteiger partial charge in [-0.15, -0.1) is 0 Å². The molecule has 1 heterocycles. The summed E-state index contributed by atoms with van der Waals surface area (Å²) in [6, 6.07) is 9.33. The third-order valence-corrected chi connectivity index (χ3v) is 3.71. The Bertz CT molecular complexity index is 514. The number of hydrogen-bond donors (Lipinski definition) is 2. The second kappa shape index (κ2) is 5.12. The van der Waals surface area contributed by atoms with Crippen LogP contribution in [0.2, 0.25) is 0 Å². The fourth-order valence-electron chi connectivity index (χ4n) is 2.58. The van der Waals surface area contributed by atoms with Crippen molar-refractivity contribution in [1.29, 1.82) is 0 Å². The highest BCUT2D eigenvalue weighted by Crippen LogP contribution is 2.23. The van der Waals surface area contributed by atoms with E-state index in [1.807, 2.05) is 6.20 Å². The molecule has 3 rings (SSSR count). The van der Waals surface area contributed by atoms with Crippen molar-refractivity contribution in [3.8, 4) is 0 Å². The first-order chi connectivity index (χ1) is 8.85. The summed E-state index contributed by atoms with van der Waals surface area (Å²) in [5.41, 5.74) is 2.56. The van der Waals surface area contributed by atoms with Gasteiger partial charge >= 0.3 is 0 Å². The molecule has 1 saturated carbocycles. The molecule has 0 aliphatic heterocycles. The lowest BCUT2D eigenvalue weighted by Crippen LogP contribution is -2.45. The van der Waals surface area contributed by atoms with Crippen LogP contribution in [0.25, 0.3) is 10.9 Å². The first-order valence-corrected chi connectivity index (χ1v) is 6.76. The van der Waals surface area contributed by atoms with Crippen LogP contribution in [0.3, 0.4) is 0 Å². The summed E-state index contributed by atoms with van der Waals surface area (Å²) in [7, 11) is 0. The first-order valence-electron chi connectivity index (χ1n) is 6.76. The van der Waals surface area contributed by atoms with Gasteiger partial charge in [-0.3, -0.25) is 0 Å². The van der Waals surface area contributed by atoms with E-state index in [9.17, 15) is 0 Å². The second-order valence-electron chi connectivity index (χ2n) is 5.03. The summed E-state index contributed by atoms with van der Waals surface area (Å²) in [5, 5.41) is 4.88. The lowest BCUT2D eigenvalue weighted by Gasteiger charge is -2.35. The van der Waals surface area contributed by atoms with Gasteiger partial charge in [-0.05, 0) is 48.9 Å². The zero-order valence-corrected chi connectivity index (χ0v) is 10.8. The Labute approximate surface area is 108 Å². The van der Waals surface area contributed by atoms with Crippen LogP contribution in [0.1, 0.15) is 25.3 Å². The molecule has 0 bridgehead atoms. The van der Waals surface area contributed by atoms with E-state index in [1.54, 1.807) is 0 Å². The summed E-state index contributed by atoms with van der Waals surface area (Å²) in [6.45, 7) is 3.85. The maximum atomic E-state index is 5.56. The maximum absolute atomic E-state index is 5.56. The van der Waals surface area contributed by atoms with Crippen molar-refractivity contribution in [3.05, 3.63) is 36.0 Å². The van der Waals surface area contributed by atoms with E-state index < -0.39 is 0 Å².